The molecule has 5 heteroatoms. The predicted molar refractivity (Wildman–Crippen MR) is 77.5 cm³/mol. The summed E-state index contributed by atoms with van der Waals surface area (Å²) in [6.07, 6.45) is 2.31. The summed E-state index contributed by atoms with van der Waals surface area (Å²) in [5, 5.41) is 7.59. The molecule has 0 spiro atoms. The largest absolute Gasteiger partial charge is 0.373 e. The van der Waals surface area contributed by atoms with Crippen molar-refractivity contribution in [2.75, 3.05) is 20.2 Å². The molecule has 2 rings (SSSR count). The maximum atomic E-state index is 5.55. The lowest BCUT2D eigenvalue weighted by atomic mass is 9.75. The van der Waals surface area contributed by atoms with Gasteiger partial charge >= 0.3 is 0 Å². The van der Waals surface area contributed by atoms with Crippen LogP contribution in [0.25, 0.3) is 0 Å². The van der Waals surface area contributed by atoms with Crippen LogP contribution >= 0.6 is 0 Å². The molecule has 1 aliphatic rings. The SMILES string of the molecule is COC(c1noc(C(C)(C)C2CCCNC2)n1)C(C)C. The normalized spacial score (nSPS) is 22.2. The van der Waals surface area contributed by atoms with Crippen LogP contribution in [0.1, 0.15) is 58.4 Å². The van der Waals surface area contributed by atoms with Crippen LogP contribution in [0.3, 0.4) is 0 Å². The summed E-state index contributed by atoms with van der Waals surface area (Å²) in [6, 6.07) is 0. The molecule has 1 N–H and O–H groups in total. The molecule has 0 amide bonds. The minimum atomic E-state index is -0.104. The van der Waals surface area contributed by atoms with Crippen molar-refractivity contribution in [1.82, 2.24) is 15.5 Å². The molecular formula is C15H27N3O2. The predicted octanol–water partition coefficient (Wildman–Crippen LogP) is 2.69. The number of rotatable bonds is 5. The summed E-state index contributed by atoms with van der Waals surface area (Å²) in [4.78, 5) is 4.62. The lowest BCUT2D eigenvalue weighted by molar-refractivity contribution is 0.0555. The molecule has 1 saturated heterocycles. The summed E-state index contributed by atoms with van der Waals surface area (Å²) in [7, 11) is 1.69. The van der Waals surface area contributed by atoms with Gasteiger partial charge in [-0.15, -0.1) is 0 Å². The topological polar surface area (TPSA) is 60.2 Å². The van der Waals surface area contributed by atoms with E-state index >= 15 is 0 Å². The Morgan fingerprint density at radius 1 is 1.40 bits per heavy atom. The van der Waals surface area contributed by atoms with Crippen LogP contribution in [0.5, 0.6) is 0 Å². The van der Waals surface area contributed by atoms with Gasteiger partial charge in [0.1, 0.15) is 6.10 Å². The first kappa shape index (κ1) is 15.4. The Labute approximate surface area is 121 Å². The van der Waals surface area contributed by atoms with Crippen LogP contribution in [-0.4, -0.2) is 30.3 Å². The number of nitrogens with zero attached hydrogens (tertiary/aromatic N) is 2. The van der Waals surface area contributed by atoms with Crippen LogP contribution < -0.4 is 5.32 Å². The zero-order chi connectivity index (χ0) is 14.8. The van der Waals surface area contributed by atoms with Gasteiger partial charge < -0.3 is 14.6 Å². The maximum absolute atomic E-state index is 5.55. The van der Waals surface area contributed by atoms with Crippen LogP contribution in [0.4, 0.5) is 0 Å². The molecule has 5 nitrogen and oxygen atoms in total. The smallest absolute Gasteiger partial charge is 0.232 e. The van der Waals surface area contributed by atoms with Crippen molar-refractivity contribution < 1.29 is 9.26 Å². The number of hydrogen-bond donors (Lipinski definition) is 1. The number of aromatic nitrogens is 2. The molecule has 1 fully saturated rings. The van der Waals surface area contributed by atoms with E-state index in [1.807, 2.05) is 0 Å². The maximum Gasteiger partial charge on any atom is 0.232 e. The number of piperidine rings is 1. The third-order valence-corrected chi connectivity index (χ3v) is 4.42. The molecule has 20 heavy (non-hydrogen) atoms. The van der Waals surface area contributed by atoms with Crippen molar-refractivity contribution in [1.29, 1.82) is 0 Å². The summed E-state index contributed by atoms with van der Waals surface area (Å²) < 4.78 is 11.0. The van der Waals surface area contributed by atoms with Gasteiger partial charge in [0.2, 0.25) is 11.7 Å². The quantitative estimate of drug-likeness (QED) is 0.899. The molecule has 2 heterocycles. The highest BCUT2D eigenvalue weighted by atomic mass is 16.5. The molecule has 0 aliphatic carbocycles. The second-order valence-electron chi connectivity index (χ2n) is 6.62. The van der Waals surface area contributed by atoms with Crippen LogP contribution in [0.2, 0.25) is 0 Å². The molecule has 1 aliphatic heterocycles. The highest BCUT2D eigenvalue weighted by molar-refractivity contribution is 5.06. The Morgan fingerprint density at radius 3 is 2.70 bits per heavy atom. The van der Waals surface area contributed by atoms with Crippen molar-refractivity contribution in [2.24, 2.45) is 11.8 Å². The number of methoxy groups -OCH3 is 1. The van der Waals surface area contributed by atoms with Crippen molar-refractivity contribution in [3.8, 4) is 0 Å². The molecule has 1 aromatic rings. The molecule has 0 radical (unpaired) electrons. The number of hydrogen-bond acceptors (Lipinski definition) is 5. The van der Waals surface area contributed by atoms with Crippen molar-refractivity contribution in [2.45, 2.75) is 52.1 Å². The van der Waals surface area contributed by atoms with E-state index in [4.69, 9.17) is 9.26 Å². The first-order valence-corrected chi connectivity index (χ1v) is 7.54. The molecule has 114 valence electrons. The van der Waals surface area contributed by atoms with Gasteiger partial charge in [-0.25, -0.2) is 0 Å². The average Bonchev–Trinajstić information content (AvgIpc) is 2.90. The Hall–Kier alpha value is -0.940. The van der Waals surface area contributed by atoms with E-state index in [9.17, 15) is 0 Å². The van der Waals surface area contributed by atoms with E-state index in [2.05, 4.69) is 43.2 Å². The molecule has 0 bridgehead atoms. The van der Waals surface area contributed by atoms with E-state index < -0.39 is 0 Å². The fourth-order valence-electron chi connectivity index (χ4n) is 2.93. The lowest BCUT2D eigenvalue weighted by Gasteiger charge is -2.34. The standard InChI is InChI=1S/C15H27N3O2/c1-10(2)12(19-5)13-17-14(20-18-13)15(3,4)11-7-6-8-16-9-11/h10-12,16H,6-9H2,1-5H3. The van der Waals surface area contributed by atoms with Gasteiger partial charge in [0.25, 0.3) is 0 Å². The molecule has 1 aromatic heterocycles. The molecule has 2 unspecified atom stereocenters. The fourth-order valence-corrected chi connectivity index (χ4v) is 2.93. The second-order valence-corrected chi connectivity index (χ2v) is 6.62. The minimum absolute atomic E-state index is 0.103. The van der Waals surface area contributed by atoms with Gasteiger partial charge in [-0.2, -0.15) is 4.98 Å². The van der Waals surface area contributed by atoms with Crippen molar-refractivity contribution >= 4 is 0 Å². The van der Waals surface area contributed by atoms with E-state index in [1.54, 1.807) is 7.11 Å². The average molecular weight is 281 g/mol. The van der Waals surface area contributed by atoms with Crippen LogP contribution in [-0.2, 0) is 10.2 Å². The first-order chi connectivity index (χ1) is 9.46. The summed E-state index contributed by atoms with van der Waals surface area (Å²) in [5.41, 5.74) is -0.103. The van der Waals surface area contributed by atoms with Gasteiger partial charge in [-0.05, 0) is 37.8 Å². The van der Waals surface area contributed by atoms with E-state index in [0.29, 0.717) is 17.7 Å². The lowest BCUT2D eigenvalue weighted by Crippen LogP contribution is -2.41. The zero-order valence-electron chi connectivity index (χ0n) is 13.3. The van der Waals surface area contributed by atoms with Crippen LogP contribution in [0.15, 0.2) is 4.52 Å². The Morgan fingerprint density at radius 2 is 2.15 bits per heavy atom. The summed E-state index contributed by atoms with van der Waals surface area (Å²) in [6.45, 7) is 10.7. The molecule has 2 atom stereocenters. The zero-order valence-corrected chi connectivity index (χ0v) is 13.3. The van der Waals surface area contributed by atoms with Gasteiger partial charge in [0.15, 0.2) is 0 Å². The van der Waals surface area contributed by atoms with E-state index in [1.165, 1.54) is 12.8 Å². The first-order valence-electron chi connectivity index (χ1n) is 7.54. The van der Waals surface area contributed by atoms with Gasteiger partial charge in [-0.1, -0.05) is 32.9 Å². The molecular weight excluding hydrogens is 254 g/mol. The van der Waals surface area contributed by atoms with Gasteiger partial charge in [0.05, 0.1) is 0 Å². The van der Waals surface area contributed by atoms with Crippen molar-refractivity contribution in [3.05, 3.63) is 11.7 Å². The molecule has 0 aromatic carbocycles. The third-order valence-electron chi connectivity index (χ3n) is 4.42. The van der Waals surface area contributed by atoms with Gasteiger partial charge in [-0.3, -0.25) is 0 Å². The number of nitrogens with one attached hydrogen (secondary N) is 1. The summed E-state index contributed by atoms with van der Waals surface area (Å²) >= 11 is 0. The summed E-state index contributed by atoms with van der Waals surface area (Å²) in [5.74, 6) is 2.24. The minimum Gasteiger partial charge on any atom is -0.373 e. The molecule has 0 saturated carbocycles. The third kappa shape index (κ3) is 3.04. The second kappa shape index (κ2) is 6.22. The number of ether oxygens (including phenoxy) is 1. The van der Waals surface area contributed by atoms with E-state index in [-0.39, 0.29) is 11.5 Å². The highest BCUT2D eigenvalue weighted by Gasteiger charge is 2.38. The van der Waals surface area contributed by atoms with Crippen molar-refractivity contribution in [3.63, 3.8) is 0 Å². The Bertz CT molecular complexity index is 423. The van der Waals surface area contributed by atoms with Crippen LogP contribution in [0, 0.1) is 11.8 Å². The van der Waals surface area contributed by atoms with E-state index in [0.717, 1.165) is 19.0 Å². The highest BCUT2D eigenvalue weighted by Crippen LogP contribution is 2.35. The Kier molecular flexibility index (Phi) is 4.81. The van der Waals surface area contributed by atoms with Gasteiger partial charge in [0, 0.05) is 12.5 Å². The fraction of sp³-hybridized carbons (Fsp3) is 0.867. The monoisotopic (exact) mass is 281 g/mol. The Balaban J connectivity index is 2.18.